The van der Waals surface area contributed by atoms with E-state index in [1.165, 1.54) is 6.07 Å². The molecule has 0 bridgehead atoms. The zero-order valence-electron chi connectivity index (χ0n) is 17.3. The molecule has 2 aromatic carbocycles. The number of carbonyl (C=O) groups is 1. The minimum absolute atomic E-state index is 0. The van der Waals surface area contributed by atoms with E-state index in [9.17, 15) is 17.6 Å². The number of rotatable bonds is 7. The van der Waals surface area contributed by atoms with E-state index in [-0.39, 0.29) is 24.9 Å². The van der Waals surface area contributed by atoms with Crippen LogP contribution in [0.3, 0.4) is 0 Å². The van der Waals surface area contributed by atoms with Gasteiger partial charge in [-0.15, -0.1) is 0 Å². The maximum atomic E-state index is 13.9. The van der Waals surface area contributed by atoms with Crippen LogP contribution < -0.4 is 4.72 Å². The SMILES string of the molecule is CCCS(=O)(=O)Nc1ccc(C(=O)N2CCN(Cc3ccccc3F)C[C@@H]2C)cc1.[HH]. The van der Waals surface area contributed by atoms with Gasteiger partial charge in [0.05, 0.1) is 5.75 Å². The van der Waals surface area contributed by atoms with Crippen LogP contribution in [0.5, 0.6) is 0 Å². The summed E-state index contributed by atoms with van der Waals surface area (Å²) < 4.78 is 40.2. The summed E-state index contributed by atoms with van der Waals surface area (Å²) >= 11 is 0. The van der Waals surface area contributed by atoms with Crippen molar-refractivity contribution in [3.63, 3.8) is 0 Å². The van der Waals surface area contributed by atoms with E-state index in [0.717, 1.165) is 0 Å². The van der Waals surface area contributed by atoms with Crippen molar-refractivity contribution in [2.75, 3.05) is 30.1 Å². The third kappa shape index (κ3) is 5.58. The molecule has 2 aromatic rings. The molecular formula is C22H30FN3O3S. The molecule has 0 saturated carbocycles. The molecule has 1 amide bonds. The number of sulfonamides is 1. The van der Waals surface area contributed by atoms with Crippen molar-refractivity contribution in [2.24, 2.45) is 0 Å². The summed E-state index contributed by atoms with van der Waals surface area (Å²) in [7, 11) is -3.36. The molecule has 0 aromatic heterocycles. The number of amides is 1. The molecule has 1 N–H and O–H groups in total. The number of carbonyl (C=O) groups excluding carboxylic acids is 1. The third-order valence-corrected chi connectivity index (χ3v) is 6.69. The van der Waals surface area contributed by atoms with Crippen LogP contribution in [-0.2, 0) is 16.6 Å². The van der Waals surface area contributed by atoms with Gasteiger partial charge in [-0.1, -0.05) is 25.1 Å². The molecule has 1 fully saturated rings. The van der Waals surface area contributed by atoms with Crippen molar-refractivity contribution < 1.29 is 19.0 Å². The molecule has 1 aliphatic rings. The highest BCUT2D eigenvalue weighted by molar-refractivity contribution is 7.92. The standard InChI is InChI=1S/C22H28FN3O3S.H2/c1-3-14-30(28,29)24-20-10-8-18(9-11-20)22(27)26-13-12-25(15-17(26)2)16-19-6-4-5-7-21(19)23;/h4-11,17,24H,3,12-16H2,1-2H3;1H/t17-;/m0./s1. The van der Waals surface area contributed by atoms with Gasteiger partial charge < -0.3 is 4.90 Å². The molecule has 1 heterocycles. The van der Waals surface area contributed by atoms with Crippen molar-refractivity contribution >= 4 is 21.6 Å². The Hall–Kier alpha value is -2.45. The van der Waals surface area contributed by atoms with Gasteiger partial charge in [-0.05, 0) is 43.7 Å². The van der Waals surface area contributed by atoms with Gasteiger partial charge in [-0.2, -0.15) is 0 Å². The van der Waals surface area contributed by atoms with Gasteiger partial charge in [-0.3, -0.25) is 14.4 Å². The Bertz CT molecular complexity index is 986. The van der Waals surface area contributed by atoms with E-state index in [0.29, 0.717) is 49.4 Å². The Morgan fingerprint density at radius 2 is 1.87 bits per heavy atom. The van der Waals surface area contributed by atoms with Gasteiger partial charge in [0.25, 0.3) is 5.91 Å². The number of benzene rings is 2. The van der Waals surface area contributed by atoms with Crippen LogP contribution in [0.1, 0.15) is 37.6 Å². The van der Waals surface area contributed by atoms with Crippen LogP contribution in [0.15, 0.2) is 48.5 Å². The lowest BCUT2D eigenvalue weighted by molar-refractivity contribution is 0.0473. The van der Waals surface area contributed by atoms with E-state index < -0.39 is 10.0 Å². The Kier molecular flexibility index (Phi) is 7.10. The molecule has 8 heteroatoms. The van der Waals surface area contributed by atoms with E-state index in [4.69, 9.17) is 0 Å². The van der Waals surface area contributed by atoms with E-state index in [1.807, 2.05) is 17.9 Å². The van der Waals surface area contributed by atoms with Crippen molar-refractivity contribution in [1.82, 2.24) is 9.80 Å². The molecule has 6 nitrogen and oxygen atoms in total. The minimum atomic E-state index is -3.36. The topological polar surface area (TPSA) is 69.7 Å². The molecule has 0 radical (unpaired) electrons. The van der Waals surface area contributed by atoms with Gasteiger partial charge in [0.1, 0.15) is 5.82 Å². The summed E-state index contributed by atoms with van der Waals surface area (Å²) in [5, 5.41) is 0. The molecular weight excluding hydrogens is 405 g/mol. The van der Waals surface area contributed by atoms with Crippen molar-refractivity contribution in [3.05, 3.63) is 65.5 Å². The fraction of sp³-hybridized carbons (Fsp3) is 0.409. The van der Waals surface area contributed by atoms with Crippen LogP contribution in [0.25, 0.3) is 0 Å². The molecule has 0 unspecified atom stereocenters. The normalized spacial score (nSPS) is 17.7. The first kappa shape index (κ1) is 22.2. The minimum Gasteiger partial charge on any atom is -0.333 e. The van der Waals surface area contributed by atoms with E-state index in [1.54, 1.807) is 43.3 Å². The second-order valence-corrected chi connectivity index (χ2v) is 9.51. The lowest BCUT2D eigenvalue weighted by Crippen LogP contribution is -2.53. The second-order valence-electron chi connectivity index (χ2n) is 7.67. The Morgan fingerprint density at radius 3 is 2.50 bits per heavy atom. The number of piperazine rings is 1. The average Bonchev–Trinajstić information content (AvgIpc) is 2.69. The monoisotopic (exact) mass is 435 g/mol. The first-order chi connectivity index (χ1) is 14.3. The molecule has 1 saturated heterocycles. The van der Waals surface area contributed by atoms with Crippen LogP contribution in [0.2, 0.25) is 0 Å². The first-order valence-corrected chi connectivity index (χ1v) is 11.8. The zero-order chi connectivity index (χ0) is 21.7. The summed E-state index contributed by atoms with van der Waals surface area (Å²) in [4.78, 5) is 16.9. The number of hydrogen-bond donors (Lipinski definition) is 1. The largest absolute Gasteiger partial charge is 0.333 e. The van der Waals surface area contributed by atoms with Gasteiger partial charge in [0.2, 0.25) is 10.0 Å². The lowest BCUT2D eigenvalue weighted by Gasteiger charge is -2.40. The van der Waals surface area contributed by atoms with Crippen LogP contribution >= 0.6 is 0 Å². The average molecular weight is 436 g/mol. The highest BCUT2D eigenvalue weighted by Gasteiger charge is 2.28. The molecule has 3 rings (SSSR count). The summed E-state index contributed by atoms with van der Waals surface area (Å²) in [6.45, 7) is 6.19. The highest BCUT2D eigenvalue weighted by Crippen LogP contribution is 2.19. The van der Waals surface area contributed by atoms with E-state index in [2.05, 4.69) is 9.62 Å². The van der Waals surface area contributed by atoms with Crippen LogP contribution in [0.4, 0.5) is 10.1 Å². The highest BCUT2D eigenvalue weighted by atomic mass is 32.2. The lowest BCUT2D eigenvalue weighted by atomic mass is 10.1. The first-order valence-electron chi connectivity index (χ1n) is 10.2. The molecule has 164 valence electrons. The predicted octanol–water partition coefficient (Wildman–Crippen LogP) is 3.57. The molecule has 0 spiro atoms. The fourth-order valence-corrected chi connectivity index (χ4v) is 4.83. The maximum absolute atomic E-state index is 13.9. The third-order valence-electron chi connectivity index (χ3n) is 5.20. The number of nitrogens with zero attached hydrogens (tertiary/aromatic N) is 2. The predicted molar refractivity (Wildman–Crippen MR) is 118 cm³/mol. The van der Waals surface area contributed by atoms with Gasteiger partial charge in [0, 0.05) is 50.5 Å². The molecule has 1 aliphatic heterocycles. The van der Waals surface area contributed by atoms with Crippen molar-refractivity contribution in [3.8, 4) is 0 Å². The fourth-order valence-electron chi connectivity index (χ4n) is 3.69. The smallest absolute Gasteiger partial charge is 0.254 e. The Morgan fingerprint density at radius 1 is 1.17 bits per heavy atom. The summed E-state index contributed by atoms with van der Waals surface area (Å²) in [6.07, 6.45) is 0.534. The molecule has 0 aliphatic carbocycles. The summed E-state index contributed by atoms with van der Waals surface area (Å²) in [5.41, 5.74) is 1.62. The number of hydrogen-bond acceptors (Lipinski definition) is 4. The Balaban J connectivity index is 0.00000341. The molecule has 1 atom stereocenters. The quantitative estimate of drug-likeness (QED) is 0.722. The number of nitrogens with one attached hydrogen (secondary N) is 1. The second kappa shape index (κ2) is 9.57. The summed E-state index contributed by atoms with van der Waals surface area (Å²) in [5.74, 6) is -0.239. The van der Waals surface area contributed by atoms with E-state index >= 15 is 0 Å². The van der Waals surface area contributed by atoms with Gasteiger partial charge in [-0.25, -0.2) is 12.8 Å². The van der Waals surface area contributed by atoms with Crippen molar-refractivity contribution in [2.45, 2.75) is 32.9 Å². The Labute approximate surface area is 179 Å². The maximum Gasteiger partial charge on any atom is 0.254 e. The number of halogens is 1. The van der Waals surface area contributed by atoms with Crippen molar-refractivity contribution in [1.29, 1.82) is 0 Å². The summed E-state index contributed by atoms with van der Waals surface area (Å²) in [6, 6.07) is 13.2. The number of anilines is 1. The van der Waals surface area contributed by atoms with Gasteiger partial charge >= 0.3 is 0 Å². The zero-order valence-corrected chi connectivity index (χ0v) is 18.2. The van der Waals surface area contributed by atoms with Gasteiger partial charge in [0.15, 0.2) is 0 Å². The molecule has 30 heavy (non-hydrogen) atoms. The van der Waals surface area contributed by atoms with Crippen LogP contribution in [-0.4, -0.2) is 55.6 Å². The van der Waals surface area contributed by atoms with Crippen LogP contribution in [0, 0.1) is 5.82 Å².